The maximum absolute atomic E-state index is 12.0. The molecule has 0 spiro atoms. The average molecular weight is 338 g/mol. The summed E-state index contributed by atoms with van der Waals surface area (Å²) in [6, 6.07) is 16.4. The molecule has 5 nitrogen and oxygen atoms in total. The third-order valence-corrected chi connectivity index (χ3v) is 4.27. The van der Waals surface area contributed by atoms with Gasteiger partial charge in [0.05, 0.1) is 10.2 Å². The van der Waals surface area contributed by atoms with Gasteiger partial charge in [0.15, 0.2) is 0 Å². The van der Waals surface area contributed by atoms with Gasteiger partial charge in [-0.2, -0.15) is 0 Å². The monoisotopic (exact) mass is 338 g/mol. The summed E-state index contributed by atoms with van der Waals surface area (Å²) in [5.74, 6) is -1.37. The van der Waals surface area contributed by atoms with Gasteiger partial charge in [0.2, 0.25) is 6.10 Å². The van der Waals surface area contributed by atoms with Crippen LogP contribution in [0.25, 0.3) is 16.3 Å². The van der Waals surface area contributed by atoms with E-state index in [2.05, 4.69) is 4.98 Å². The molecular formula is C18H14N2O3S. The van der Waals surface area contributed by atoms with Crippen LogP contribution < -0.4 is 5.73 Å². The molecule has 0 aliphatic heterocycles. The van der Waals surface area contributed by atoms with Crippen LogP contribution in [-0.4, -0.2) is 16.9 Å². The molecule has 0 aliphatic rings. The Kier molecular flexibility index (Phi) is 4.67. The Morgan fingerprint density at radius 1 is 1.08 bits per heavy atom. The number of para-hydroxylation sites is 1. The molecule has 3 aromatic rings. The number of nitrogens with zero attached hydrogens (tertiary/aromatic N) is 1. The molecular weight excluding hydrogens is 324 g/mol. The van der Waals surface area contributed by atoms with Crippen LogP contribution in [0.1, 0.15) is 16.7 Å². The van der Waals surface area contributed by atoms with Crippen LogP contribution in [0.2, 0.25) is 0 Å². The van der Waals surface area contributed by atoms with Gasteiger partial charge in [0.1, 0.15) is 5.01 Å². The fourth-order valence-electron chi connectivity index (χ4n) is 2.17. The zero-order chi connectivity index (χ0) is 16.9. The lowest BCUT2D eigenvalue weighted by molar-refractivity contribution is -0.150. The first kappa shape index (κ1) is 15.9. The Labute approximate surface area is 142 Å². The van der Waals surface area contributed by atoms with Gasteiger partial charge >= 0.3 is 5.97 Å². The van der Waals surface area contributed by atoms with E-state index >= 15 is 0 Å². The van der Waals surface area contributed by atoms with Crippen molar-refractivity contribution in [2.24, 2.45) is 5.73 Å². The molecule has 0 bridgehead atoms. The first-order valence-electron chi connectivity index (χ1n) is 7.22. The highest BCUT2D eigenvalue weighted by Gasteiger charge is 2.21. The van der Waals surface area contributed by atoms with Crippen molar-refractivity contribution in [1.29, 1.82) is 0 Å². The number of esters is 1. The molecule has 2 aromatic carbocycles. The zero-order valence-electron chi connectivity index (χ0n) is 12.6. The van der Waals surface area contributed by atoms with Gasteiger partial charge < -0.3 is 10.5 Å². The predicted molar refractivity (Wildman–Crippen MR) is 93.1 cm³/mol. The van der Waals surface area contributed by atoms with E-state index < -0.39 is 18.0 Å². The van der Waals surface area contributed by atoms with Crippen molar-refractivity contribution in [3.05, 3.63) is 71.2 Å². The Morgan fingerprint density at radius 2 is 1.79 bits per heavy atom. The van der Waals surface area contributed by atoms with Gasteiger partial charge in [-0.15, -0.1) is 11.3 Å². The Bertz CT molecular complexity index is 870. The van der Waals surface area contributed by atoms with Crippen LogP contribution in [0.5, 0.6) is 0 Å². The fraction of sp³-hybridized carbons (Fsp3) is 0.0556. The molecule has 3 rings (SSSR count). The van der Waals surface area contributed by atoms with E-state index in [0.717, 1.165) is 10.2 Å². The van der Waals surface area contributed by atoms with Crippen molar-refractivity contribution in [3.8, 4) is 0 Å². The normalized spacial score (nSPS) is 12.3. The second-order valence-electron chi connectivity index (χ2n) is 4.98. The molecule has 2 N–H and O–H groups in total. The number of rotatable bonds is 5. The highest BCUT2D eigenvalue weighted by Crippen LogP contribution is 2.23. The first-order chi connectivity index (χ1) is 11.6. The number of hydrogen-bond acceptors (Lipinski definition) is 5. The molecule has 1 unspecified atom stereocenters. The topological polar surface area (TPSA) is 82.3 Å². The first-order valence-corrected chi connectivity index (χ1v) is 8.03. The summed E-state index contributed by atoms with van der Waals surface area (Å²) in [5.41, 5.74) is 6.73. The number of carbonyl (C=O) groups is 2. The largest absolute Gasteiger partial charge is 0.444 e. The Hall–Kier alpha value is -2.99. The second kappa shape index (κ2) is 7.06. The quantitative estimate of drug-likeness (QED) is 0.572. The summed E-state index contributed by atoms with van der Waals surface area (Å²) >= 11 is 1.46. The van der Waals surface area contributed by atoms with E-state index in [1.54, 1.807) is 36.4 Å². The van der Waals surface area contributed by atoms with Gasteiger partial charge in [0, 0.05) is 11.6 Å². The summed E-state index contributed by atoms with van der Waals surface area (Å²) in [5, 5.41) is 0.684. The van der Waals surface area contributed by atoms with E-state index in [4.69, 9.17) is 10.5 Å². The number of benzene rings is 2. The van der Waals surface area contributed by atoms with Crippen molar-refractivity contribution < 1.29 is 14.3 Å². The van der Waals surface area contributed by atoms with E-state index in [1.807, 2.05) is 24.3 Å². The average Bonchev–Trinajstić information content (AvgIpc) is 3.01. The molecule has 120 valence electrons. The summed E-state index contributed by atoms with van der Waals surface area (Å²) in [7, 11) is 0. The SMILES string of the molecule is NC(=O)C(OC(=O)/C=C/c1nc2ccccc2s1)c1ccccc1. The lowest BCUT2D eigenvalue weighted by Crippen LogP contribution is -2.25. The molecule has 1 atom stereocenters. The van der Waals surface area contributed by atoms with E-state index in [9.17, 15) is 9.59 Å². The van der Waals surface area contributed by atoms with Gasteiger partial charge in [-0.05, 0) is 18.2 Å². The van der Waals surface area contributed by atoms with Crippen molar-refractivity contribution in [2.45, 2.75) is 6.10 Å². The summed E-state index contributed by atoms with van der Waals surface area (Å²) in [6.07, 6.45) is 1.70. The van der Waals surface area contributed by atoms with Crippen molar-refractivity contribution in [1.82, 2.24) is 4.98 Å². The van der Waals surface area contributed by atoms with E-state index in [-0.39, 0.29) is 0 Å². The zero-order valence-corrected chi connectivity index (χ0v) is 13.4. The van der Waals surface area contributed by atoms with Crippen molar-refractivity contribution in [3.63, 3.8) is 0 Å². The number of amides is 1. The molecule has 0 saturated carbocycles. The predicted octanol–water partition coefficient (Wildman–Crippen LogP) is 3.08. The highest BCUT2D eigenvalue weighted by molar-refractivity contribution is 7.19. The lowest BCUT2D eigenvalue weighted by Gasteiger charge is -2.13. The number of thiazole rings is 1. The number of carbonyl (C=O) groups excluding carboxylic acids is 2. The minimum absolute atomic E-state index is 0.534. The van der Waals surface area contributed by atoms with E-state index in [0.29, 0.717) is 10.6 Å². The summed E-state index contributed by atoms with van der Waals surface area (Å²) < 4.78 is 6.20. The summed E-state index contributed by atoms with van der Waals surface area (Å²) in [6.45, 7) is 0. The number of primary amides is 1. The van der Waals surface area contributed by atoms with Crippen LogP contribution >= 0.6 is 11.3 Å². The van der Waals surface area contributed by atoms with Crippen molar-refractivity contribution in [2.75, 3.05) is 0 Å². The van der Waals surface area contributed by atoms with Crippen LogP contribution in [0.4, 0.5) is 0 Å². The molecule has 0 fully saturated rings. The number of aromatic nitrogens is 1. The molecule has 24 heavy (non-hydrogen) atoms. The highest BCUT2D eigenvalue weighted by atomic mass is 32.1. The molecule has 0 radical (unpaired) electrons. The number of hydrogen-bond donors (Lipinski definition) is 1. The van der Waals surface area contributed by atoms with Crippen LogP contribution in [0, 0.1) is 0 Å². The van der Waals surface area contributed by atoms with Crippen LogP contribution in [0.3, 0.4) is 0 Å². The molecule has 1 amide bonds. The van der Waals surface area contributed by atoms with E-state index in [1.165, 1.54) is 17.4 Å². The van der Waals surface area contributed by atoms with Crippen LogP contribution in [-0.2, 0) is 14.3 Å². The third kappa shape index (κ3) is 3.67. The number of nitrogens with two attached hydrogens (primary N) is 1. The third-order valence-electron chi connectivity index (χ3n) is 3.27. The smallest absolute Gasteiger partial charge is 0.331 e. The molecule has 0 saturated heterocycles. The molecule has 1 aromatic heterocycles. The van der Waals surface area contributed by atoms with Gasteiger partial charge in [-0.25, -0.2) is 9.78 Å². The van der Waals surface area contributed by atoms with Gasteiger partial charge in [0.25, 0.3) is 5.91 Å². The van der Waals surface area contributed by atoms with Gasteiger partial charge in [-0.1, -0.05) is 42.5 Å². The minimum Gasteiger partial charge on any atom is -0.444 e. The number of fused-ring (bicyclic) bond motifs is 1. The molecule has 1 heterocycles. The summed E-state index contributed by atoms with van der Waals surface area (Å²) in [4.78, 5) is 27.9. The van der Waals surface area contributed by atoms with Crippen LogP contribution in [0.15, 0.2) is 60.7 Å². The minimum atomic E-state index is -1.11. The number of ether oxygens (including phenoxy) is 1. The van der Waals surface area contributed by atoms with Crippen molar-refractivity contribution >= 4 is 39.5 Å². The maximum atomic E-state index is 12.0. The molecule has 6 heteroatoms. The Morgan fingerprint density at radius 3 is 2.50 bits per heavy atom. The standard InChI is InChI=1S/C18H14N2O3S/c19-18(22)17(12-6-2-1-3-7-12)23-16(21)11-10-15-20-13-8-4-5-9-14(13)24-15/h1-11,17H,(H2,19,22)/b11-10+. The Balaban J connectivity index is 1.72. The maximum Gasteiger partial charge on any atom is 0.331 e. The lowest BCUT2D eigenvalue weighted by atomic mass is 10.1. The fourth-order valence-corrected chi connectivity index (χ4v) is 3.04. The van der Waals surface area contributed by atoms with Gasteiger partial charge in [-0.3, -0.25) is 4.79 Å². The molecule has 0 aliphatic carbocycles. The second-order valence-corrected chi connectivity index (χ2v) is 6.05.